The summed E-state index contributed by atoms with van der Waals surface area (Å²) in [4.78, 5) is 18.1. The molecule has 1 N–H and O–H groups in total. The molecule has 1 aromatic heterocycles. The summed E-state index contributed by atoms with van der Waals surface area (Å²) in [5.74, 6) is 0.866. The van der Waals surface area contributed by atoms with Crippen molar-refractivity contribution in [1.82, 2.24) is 4.57 Å². The van der Waals surface area contributed by atoms with E-state index in [9.17, 15) is 9.90 Å². The third-order valence-electron chi connectivity index (χ3n) is 6.69. The maximum Gasteiger partial charge on any atom is 0.344 e. The lowest BCUT2D eigenvalue weighted by molar-refractivity contribution is -0.138. The predicted molar refractivity (Wildman–Crippen MR) is 170 cm³/mol. The van der Waals surface area contributed by atoms with Crippen molar-refractivity contribution in [2.75, 3.05) is 19.8 Å². The van der Waals surface area contributed by atoms with E-state index in [0.29, 0.717) is 28.9 Å². The number of benzene rings is 3. The summed E-state index contributed by atoms with van der Waals surface area (Å²) in [6.45, 7) is 7.84. The summed E-state index contributed by atoms with van der Waals surface area (Å²) >= 11 is 1.25. The first-order chi connectivity index (χ1) is 20.5. The van der Waals surface area contributed by atoms with E-state index in [4.69, 9.17) is 14.2 Å². The lowest BCUT2D eigenvalue weighted by Crippen LogP contribution is -2.12. The van der Waals surface area contributed by atoms with E-state index < -0.39 is 5.97 Å². The number of rotatable bonds is 11. The first kappa shape index (κ1) is 29.1. The Morgan fingerprint density at radius 2 is 1.67 bits per heavy atom. The van der Waals surface area contributed by atoms with Crippen LogP contribution in [0.2, 0.25) is 0 Å². The Kier molecular flexibility index (Phi) is 9.34. The second-order valence-electron chi connectivity index (χ2n) is 9.71. The van der Waals surface area contributed by atoms with Gasteiger partial charge < -0.3 is 23.9 Å². The van der Waals surface area contributed by atoms with Gasteiger partial charge in [-0.15, -0.1) is 0 Å². The minimum Gasteiger partial charge on any atom is -0.506 e. The van der Waals surface area contributed by atoms with Gasteiger partial charge in [0.05, 0.1) is 30.4 Å². The van der Waals surface area contributed by atoms with Crippen molar-refractivity contribution in [3.05, 3.63) is 106 Å². The molecule has 0 saturated heterocycles. The normalized spacial score (nSPS) is 15.1. The van der Waals surface area contributed by atoms with Crippen LogP contribution in [0.1, 0.15) is 31.4 Å². The third kappa shape index (κ3) is 6.71. The highest BCUT2D eigenvalue weighted by Gasteiger charge is 2.33. The fourth-order valence-electron chi connectivity index (χ4n) is 4.67. The molecule has 1 aliphatic rings. The van der Waals surface area contributed by atoms with Crippen LogP contribution in [0.5, 0.6) is 11.5 Å². The number of carbonyl (C=O) groups is 1. The highest BCUT2D eigenvalue weighted by molar-refractivity contribution is 8.18. The number of hydrogen-bond donors (Lipinski definition) is 1. The average Bonchev–Trinajstić information content (AvgIpc) is 3.50. The molecule has 0 fully saturated rings. The third-order valence-corrected chi connectivity index (χ3v) is 7.71. The number of aliphatic imine (C=N–C) groups is 1. The van der Waals surface area contributed by atoms with Gasteiger partial charge in [-0.05, 0) is 75.7 Å². The molecular formula is C34H34N2O5S. The van der Waals surface area contributed by atoms with Gasteiger partial charge >= 0.3 is 5.97 Å². The van der Waals surface area contributed by atoms with E-state index in [1.54, 1.807) is 6.92 Å². The summed E-state index contributed by atoms with van der Waals surface area (Å²) < 4.78 is 18.9. The van der Waals surface area contributed by atoms with Crippen LogP contribution >= 0.6 is 11.8 Å². The molecule has 0 radical (unpaired) electrons. The molecule has 4 aromatic rings. The van der Waals surface area contributed by atoms with E-state index in [-0.39, 0.29) is 17.9 Å². The van der Waals surface area contributed by atoms with Crippen LogP contribution in [-0.4, -0.2) is 40.5 Å². The van der Waals surface area contributed by atoms with Crippen molar-refractivity contribution in [3.63, 3.8) is 0 Å². The Balaban J connectivity index is 1.40. The van der Waals surface area contributed by atoms with Crippen molar-refractivity contribution in [2.24, 2.45) is 4.99 Å². The molecular weight excluding hydrogens is 548 g/mol. The average molecular weight is 583 g/mol. The lowest BCUT2D eigenvalue weighted by atomic mass is 10.1. The molecule has 8 heteroatoms. The van der Waals surface area contributed by atoms with E-state index in [1.165, 1.54) is 17.3 Å². The van der Waals surface area contributed by atoms with E-state index in [0.717, 1.165) is 40.9 Å². The minimum atomic E-state index is -0.605. The number of aryl methyl sites for hydroxylation is 2. The summed E-state index contributed by atoms with van der Waals surface area (Å²) in [6.07, 6.45) is 4.80. The van der Waals surface area contributed by atoms with Crippen LogP contribution in [-0.2, 0) is 16.1 Å². The summed E-state index contributed by atoms with van der Waals surface area (Å²) in [5.41, 5.74) is 3.93. The molecule has 0 saturated carbocycles. The Morgan fingerprint density at radius 1 is 0.952 bits per heavy atom. The summed E-state index contributed by atoms with van der Waals surface area (Å²) in [7, 11) is 0. The van der Waals surface area contributed by atoms with Crippen molar-refractivity contribution in [3.8, 4) is 11.5 Å². The fraction of sp³-hybridized carbons (Fsp3) is 0.235. The number of carbonyl (C=O) groups excluding carboxylic acids is 1. The smallest absolute Gasteiger partial charge is 0.344 e. The molecule has 0 aliphatic carbocycles. The van der Waals surface area contributed by atoms with Crippen molar-refractivity contribution in [1.29, 1.82) is 0 Å². The summed E-state index contributed by atoms with van der Waals surface area (Å²) in [6, 6.07) is 23.5. The van der Waals surface area contributed by atoms with Gasteiger partial charge in [0.2, 0.25) is 0 Å². The van der Waals surface area contributed by atoms with Gasteiger partial charge in [-0.25, -0.2) is 9.79 Å². The number of hydrogen-bond acceptors (Lipinski definition) is 7. The molecule has 0 amide bonds. The fourth-order valence-corrected chi connectivity index (χ4v) is 5.69. The van der Waals surface area contributed by atoms with Gasteiger partial charge in [-0.1, -0.05) is 47.7 Å². The highest BCUT2D eigenvalue weighted by atomic mass is 32.2. The number of ether oxygens (including phenoxy) is 3. The zero-order valence-corrected chi connectivity index (χ0v) is 24.8. The van der Waals surface area contributed by atoms with Crippen molar-refractivity contribution >= 4 is 45.4 Å². The molecule has 0 unspecified atom stereocenters. The number of thioether (sulfide) groups is 1. The zero-order valence-electron chi connectivity index (χ0n) is 24.0. The molecule has 5 rings (SSSR count). The maximum absolute atomic E-state index is 12.9. The molecule has 0 spiro atoms. The number of aliphatic hydroxyl groups excluding tert-OH is 1. The van der Waals surface area contributed by atoms with E-state index >= 15 is 0 Å². The second kappa shape index (κ2) is 13.5. The van der Waals surface area contributed by atoms with Gasteiger partial charge in [0.25, 0.3) is 0 Å². The predicted octanol–water partition coefficient (Wildman–Crippen LogP) is 8.01. The SMILES string of the molecule is CCOC(=O)C1=C(O)/C(=C/c2cn(CCCOc3ccc(C)cc3)c3ccccc23)SC1=Nc1ccc(OCC)cc1. The molecule has 42 heavy (non-hydrogen) atoms. The maximum atomic E-state index is 12.9. The Morgan fingerprint density at radius 3 is 2.40 bits per heavy atom. The van der Waals surface area contributed by atoms with Crippen LogP contribution in [0, 0.1) is 6.92 Å². The van der Waals surface area contributed by atoms with Gasteiger partial charge in [0, 0.05) is 29.2 Å². The molecule has 7 nitrogen and oxygen atoms in total. The zero-order chi connectivity index (χ0) is 29.5. The molecule has 0 bridgehead atoms. The van der Waals surface area contributed by atoms with Gasteiger partial charge in [-0.3, -0.25) is 0 Å². The van der Waals surface area contributed by atoms with E-state index in [2.05, 4.69) is 34.8 Å². The largest absolute Gasteiger partial charge is 0.506 e. The van der Waals surface area contributed by atoms with Crippen LogP contribution in [0.4, 0.5) is 5.69 Å². The number of aromatic nitrogens is 1. The number of aliphatic hydroxyl groups is 1. The highest BCUT2D eigenvalue weighted by Crippen LogP contribution is 2.41. The quantitative estimate of drug-likeness (QED) is 0.142. The number of esters is 1. The van der Waals surface area contributed by atoms with Gasteiger partial charge in [0.15, 0.2) is 0 Å². The number of nitrogens with zero attached hydrogens (tertiary/aromatic N) is 2. The van der Waals surface area contributed by atoms with Crippen LogP contribution < -0.4 is 9.47 Å². The van der Waals surface area contributed by atoms with Crippen LogP contribution in [0.15, 0.2) is 100 Å². The lowest BCUT2D eigenvalue weighted by Gasteiger charge is -2.08. The first-order valence-corrected chi connectivity index (χ1v) is 14.9. The topological polar surface area (TPSA) is 82.3 Å². The van der Waals surface area contributed by atoms with Gasteiger partial charge in [0.1, 0.15) is 27.9 Å². The molecule has 2 heterocycles. The Labute approximate surface area is 250 Å². The summed E-state index contributed by atoms with van der Waals surface area (Å²) in [5, 5.41) is 12.6. The molecule has 1 aliphatic heterocycles. The Hall–Kier alpha value is -4.43. The van der Waals surface area contributed by atoms with E-state index in [1.807, 2.05) is 73.7 Å². The van der Waals surface area contributed by atoms with Crippen LogP contribution in [0.3, 0.4) is 0 Å². The first-order valence-electron chi connectivity index (χ1n) is 14.1. The van der Waals surface area contributed by atoms with Crippen molar-refractivity contribution < 1.29 is 24.1 Å². The molecule has 216 valence electrons. The standard InChI is InChI=1S/C34H34N2O5S/c1-4-39-26-17-13-25(14-18-26)35-33-31(34(38)40-5-2)32(37)30(42-33)21-24-22-36(29-10-7-6-9-28(24)29)19-8-20-41-27-15-11-23(3)12-16-27/h6-7,9-18,21-22,37H,4-5,8,19-20H2,1-3H3/b30-21-,35-33?. The molecule has 3 aromatic carbocycles. The minimum absolute atomic E-state index is 0.0685. The van der Waals surface area contributed by atoms with Crippen molar-refractivity contribution in [2.45, 2.75) is 33.7 Å². The second-order valence-corrected chi connectivity index (χ2v) is 10.7. The number of para-hydroxylation sites is 1. The number of fused-ring (bicyclic) bond motifs is 1. The Bertz CT molecular complexity index is 1650. The van der Waals surface area contributed by atoms with Gasteiger partial charge in [-0.2, -0.15) is 0 Å². The molecule has 0 atom stereocenters. The monoisotopic (exact) mass is 582 g/mol. The van der Waals surface area contributed by atoms with Crippen LogP contribution in [0.25, 0.3) is 17.0 Å².